The number of aryl methyl sites for hydroxylation is 1. The second-order valence-electron chi connectivity index (χ2n) is 7.48. The summed E-state index contributed by atoms with van der Waals surface area (Å²) in [6.07, 6.45) is -0.487. The lowest BCUT2D eigenvalue weighted by Crippen LogP contribution is -2.27. The normalized spacial score (nSPS) is 10.9. The Kier molecular flexibility index (Phi) is 8.54. The number of ether oxygens (including phenoxy) is 2. The van der Waals surface area contributed by atoms with Crippen molar-refractivity contribution in [3.8, 4) is 0 Å². The van der Waals surface area contributed by atoms with Gasteiger partial charge in [-0.1, -0.05) is 13.8 Å². The molecule has 5 nitrogen and oxygen atoms in total. The first kappa shape index (κ1) is 22.8. The summed E-state index contributed by atoms with van der Waals surface area (Å²) in [5.74, 6) is 0.450. The maximum absolute atomic E-state index is 11.9. The molecule has 0 bridgehead atoms. The number of hydrogen-bond donors (Lipinski definition) is 2. The topological polar surface area (TPSA) is 59.6 Å². The molecule has 142 valence electrons. The van der Waals surface area contributed by atoms with E-state index >= 15 is 0 Å². The summed E-state index contributed by atoms with van der Waals surface area (Å²) in [5, 5.41) is 5.82. The van der Waals surface area contributed by atoms with Crippen LogP contribution in [0.25, 0.3) is 0 Å². The highest BCUT2D eigenvalue weighted by Gasteiger charge is 2.17. The fourth-order valence-corrected chi connectivity index (χ4v) is 1.90. The summed E-state index contributed by atoms with van der Waals surface area (Å²) in [4.78, 5) is 11.9. The standard InChI is InChI=1S/C18H28N2O3.C2H6/c1-12-9-14(19-13(2)22-17(3,4)5)11-15(10-12)20-16(21)23-18(6,7)8;1-2/h9-11,19H,2H2,1,3-8H3,(H,20,21);1-2H3. The number of amides is 1. The van der Waals surface area contributed by atoms with Crippen LogP contribution in [0.15, 0.2) is 30.7 Å². The largest absolute Gasteiger partial charge is 0.474 e. The van der Waals surface area contributed by atoms with Crippen molar-refractivity contribution in [2.45, 2.75) is 73.5 Å². The third kappa shape index (κ3) is 11.1. The van der Waals surface area contributed by atoms with E-state index in [1.54, 1.807) is 6.07 Å². The smallest absolute Gasteiger partial charge is 0.412 e. The van der Waals surface area contributed by atoms with Gasteiger partial charge in [-0.05, 0) is 78.8 Å². The highest BCUT2D eigenvalue weighted by atomic mass is 16.6. The summed E-state index contributed by atoms with van der Waals surface area (Å²) in [6, 6.07) is 5.61. The van der Waals surface area contributed by atoms with E-state index in [1.165, 1.54) is 0 Å². The predicted molar refractivity (Wildman–Crippen MR) is 106 cm³/mol. The quantitative estimate of drug-likeness (QED) is 0.647. The van der Waals surface area contributed by atoms with Crippen LogP contribution in [-0.2, 0) is 9.47 Å². The molecule has 0 aromatic heterocycles. The van der Waals surface area contributed by atoms with Gasteiger partial charge in [-0.2, -0.15) is 0 Å². The van der Waals surface area contributed by atoms with Gasteiger partial charge in [0.2, 0.25) is 0 Å². The van der Waals surface area contributed by atoms with Crippen LogP contribution in [0, 0.1) is 6.92 Å². The van der Waals surface area contributed by atoms with Crippen molar-refractivity contribution in [3.05, 3.63) is 36.2 Å². The van der Waals surface area contributed by atoms with Crippen molar-refractivity contribution in [2.24, 2.45) is 0 Å². The van der Waals surface area contributed by atoms with Crippen molar-refractivity contribution < 1.29 is 14.3 Å². The number of carbonyl (C=O) groups excluding carboxylic acids is 1. The van der Waals surface area contributed by atoms with Crippen LogP contribution in [0.4, 0.5) is 16.2 Å². The van der Waals surface area contributed by atoms with Gasteiger partial charge in [-0.15, -0.1) is 0 Å². The second kappa shape index (κ2) is 9.35. The number of rotatable bonds is 4. The van der Waals surface area contributed by atoms with Gasteiger partial charge in [0.05, 0.1) is 0 Å². The number of carbonyl (C=O) groups is 1. The van der Waals surface area contributed by atoms with E-state index in [2.05, 4.69) is 17.2 Å². The van der Waals surface area contributed by atoms with Crippen LogP contribution in [0.5, 0.6) is 0 Å². The zero-order valence-corrected chi connectivity index (χ0v) is 17.2. The Morgan fingerprint density at radius 3 is 1.76 bits per heavy atom. The van der Waals surface area contributed by atoms with E-state index < -0.39 is 11.7 Å². The minimum absolute atomic E-state index is 0.328. The van der Waals surface area contributed by atoms with Gasteiger partial charge in [0, 0.05) is 11.4 Å². The molecule has 0 unspecified atom stereocenters. The van der Waals surface area contributed by atoms with E-state index in [0.29, 0.717) is 11.6 Å². The van der Waals surface area contributed by atoms with E-state index in [1.807, 2.05) is 74.4 Å². The minimum Gasteiger partial charge on any atom is -0.474 e. The molecule has 1 aromatic rings. The van der Waals surface area contributed by atoms with Crippen molar-refractivity contribution in [1.82, 2.24) is 0 Å². The Bertz CT molecular complexity index is 533. The van der Waals surface area contributed by atoms with Crippen LogP contribution in [0.3, 0.4) is 0 Å². The highest BCUT2D eigenvalue weighted by Crippen LogP contribution is 2.22. The molecule has 0 saturated heterocycles. The lowest BCUT2D eigenvalue weighted by molar-refractivity contribution is 0.0564. The van der Waals surface area contributed by atoms with Gasteiger partial charge in [0.25, 0.3) is 0 Å². The van der Waals surface area contributed by atoms with E-state index in [9.17, 15) is 4.79 Å². The number of hydrogen-bond acceptors (Lipinski definition) is 4. The molecule has 0 radical (unpaired) electrons. The van der Waals surface area contributed by atoms with Gasteiger partial charge >= 0.3 is 6.09 Å². The van der Waals surface area contributed by atoms with E-state index in [-0.39, 0.29) is 5.60 Å². The van der Waals surface area contributed by atoms with Gasteiger partial charge in [0.15, 0.2) is 5.88 Å². The van der Waals surface area contributed by atoms with Gasteiger partial charge < -0.3 is 14.8 Å². The molecular weight excluding hydrogens is 316 g/mol. The molecule has 0 heterocycles. The van der Waals surface area contributed by atoms with Crippen LogP contribution >= 0.6 is 0 Å². The molecule has 0 atom stereocenters. The minimum atomic E-state index is -0.538. The lowest BCUT2D eigenvalue weighted by atomic mass is 10.2. The summed E-state index contributed by atoms with van der Waals surface area (Å²) in [5.41, 5.74) is 1.55. The first-order valence-electron chi connectivity index (χ1n) is 8.61. The summed E-state index contributed by atoms with van der Waals surface area (Å²) in [7, 11) is 0. The highest BCUT2D eigenvalue weighted by molar-refractivity contribution is 5.86. The second-order valence-corrected chi connectivity index (χ2v) is 7.48. The Morgan fingerprint density at radius 1 is 0.880 bits per heavy atom. The Hall–Kier alpha value is -2.17. The maximum Gasteiger partial charge on any atom is 0.412 e. The van der Waals surface area contributed by atoms with Crippen molar-refractivity contribution >= 4 is 17.5 Å². The first-order valence-corrected chi connectivity index (χ1v) is 8.61. The van der Waals surface area contributed by atoms with Crippen molar-refractivity contribution in [2.75, 3.05) is 10.6 Å². The Morgan fingerprint density at radius 2 is 1.32 bits per heavy atom. The zero-order chi connectivity index (χ0) is 19.8. The van der Waals surface area contributed by atoms with Crippen molar-refractivity contribution in [1.29, 1.82) is 0 Å². The Balaban J connectivity index is 0.00000277. The van der Waals surface area contributed by atoms with Gasteiger partial charge in [-0.3, -0.25) is 5.32 Å². The van der Waals surface area contributed by atoms with E-state index in [0.717, 1.165) is 11.3 Å². The summed E-state index contributed by atoms with van der Waals surface area (Å²) < 4.78 is 10.9. The average molecular weight is 351 g/mol. The molecule has 2 N–H and O–H groups in total. The molecule has 0 aliphatic carbocycles. The number of nitrogens with one attached hydrogen (secondary N) is 2. The monoisotopic (exact) mass is 350 g/mol. The molecule has 1 aromatic carbocycles. The Labute approximate surface area is 152 Å². The maximum atomic E-state index is 11.9. The molecule has 1 amide bonds. The molecule has 0 saturated carbocycles. The van der Waals surface area contributed by atoms with Gasteiger partial charge in [0.1, 0.15) is 11.2 Å². The van der Waals surface area contributed by atoms with E-state index in [4.69, 9.17) is 9.47 Å². The van der Waals surface area contributed by atoms with Gasteiger partial charge in [-0.25, -0.2) is 4.79 Å². The first-order chi connectivity index (χ1) is 11.3. The van der Waals surface area contributed by atoms with Crippen LogP contribution < -0.4 is 10.6 Å². The molecule has 5 heteroatoms. The lowest BCUT2D eigenvalue weighted by Gasteiger charge is -2.23. The van der Waals surface area contributed by atoms with Crippen LogP contribution in [-0.4, -0.2) is 17.3 Å². The van der Waals surface area contributed by atoms with Crippen LogP contribution in [0.1, 0.15) is 61.0 Å². The number of benzene rings is 1. The fraction of sp³-hybridized carbons (Fsp3) is 0.550. The molecule has 0 spiro atoms. The number of anilines is 2. The predicted octanol–water partition coefficient (Wildman–Crippen LogP) is 6.07. The average Bonchev–Trinajstić information content (AvgIpc) is 2.34. The fourth-order valence-electron chi connectivity index (χ4n) is 1.90. The zero-order valence-electron chi connectivity index (χ0n) is 17.2. The molecule has 1 rings (SSSR count). The summed E-state index contributed by atoms with van der Waals surface area (Å²) >= 11 is 0. The SMILES string of the molecule is C=C(Nc1cc(C)cc(NC(=O)OC(C)(C)C)c1)OC(C)(C)C.CC. The third-order valence-corrected chi connectivity index (χ3v) is 2.44. The molecule has 25 heavy (non-hydrogen) atoms. The molecule has 0 aliphatic rings. The van der Waals surface area contributed by atoms with Crippen LogP contribution in [0.2, 0.25) is 0 Å². The molecule has 0 fully saturated rings. The molecule has 0 aliphatic heterocycles. The summed E-state index contributed by atoms with van der Waals surface area (Å²) in [6.45, 7) is 21.1. The third-order valence-electron chi connectivity index (χ3n) is 2.44. The van der Waals surface area contributed by atoms with Crippen molar-refractivity contribution in [3.63, 3.8) is 0 Å². The molecular formula is C20H34N2O3.